The molecule has 1 aliphatic heterocycles. The number of amides is 2. The Morgan fingerprint density at radius 1 is 1.38 bits per heavy atom. The molecule has 1 saturated heterocycles. The van der Waals surface area contributed by atoms with Gasteiger partial charge >= 0.3 is 12.2 Å². The number of urea groups is 1. The highest BCUT2D eigenvalue weighted by atomic mass is 32.2. The Morgan fingerprint density at radius 3 is 2.50 bits per heavy atom. The number of halogens is 3. The lowest BCUT2D eigenvalue weighted by Crippen LogP contribution is -2.51. The zero-order valence-corrected chi connectivity index (χ0v) is 13.9. The molecule has 1 fully saturated rings. The predicted octanol–water partition coefficient (Wildman–Crippen LogP) is 2.53. The van der Waals surface area contributed by atoms with Gasteiger partial charge in [-0.05, 0) is 38.5 Å². The number of anilines is 1. The van der Waals surface area contributed by atoms with Crippen LogP contribution < -0.4 is 10.5 Å². The molecule has 0 spiro atoms. The number of nitrogens with zero attached hydrogens (tertiary/aromatic N) is 1. The third-order valence-corrected chi connectivity index (χ3v) is 5.15. The number of nitrogens with one attached hydrogen (secondary N) is 1. The van der Waals surface area contributed by atoms with E-state index in [4.69, 9.17) is 5.14 Å². The van der Waals surface area contributed by atoms with Gasteiger partial charge in [-0.15, -0.1) is 0 Å². The molecule has 1 atom stereocenters. The summed E-state index contributed by atoms with van der Waals surface area (Å²) < 4.78 is 61.8. The molecule has 0 aliphatic carbocycles. The highest BCUT2D eigenvalue weighted by molar-refractivity contribution is 7.89. The number of benzene rings is 1. The van der Waals surface area contributed by atoms with Crippen molar-refractivity contribution in [1.82, 2.24) is 4.90 Å². The van der Waals surface area contributed by atoms with E-state index in [1.54, 1.807) is 0 Å². The molecule has 3 N–H and O–H groups in total. The zero-order valence-electron chi connectivity index (χ0n) is 13.1. The van der Waals surface area contributed by atoms with Crippen LogP contribution in [0.15, 0.2) is 29.2 Å². The summed E-state index contributed by atoms with van der Waals surface area (Å²) in [5, 5.41) is 7.44. The van der Waals surface area contributed by atoms with Crippen LogP contribution in [0.2, 0.25) is 0 Å². The van der Waals surface area contributed by atoms with Crippen LogP contribution in [0.25, 0.3) is 0 Å². The first-order valence-electron chi connectivity index (χ1n) is 7.11. The third-order valence-electron chi connectivity index (χ3n) is 4.24. The summed E-state index contributed by atoms with van der Waals surface area (Å²) in [6.07, 6.45) is -4.58. The number of hydrogen-bond acceptors (Lipinski definition) is 3. The Bertz CT molecular complexity index is 747. The highest BCUT2D eigenvalue weighted by Crippen LogP contribution is 2.44. The minimum Gasteiger partial charge on any atom is -0.319 e. The Balaban J connectivity index is 2.20. The van der Waals surface area contributed by atoms with Crippen molar-refractivity contribution in [3.05, 3.63) is 24.3 Å². The average molecular weight is 365 g/mol. The van der Waals surface area contributed by atoms with Crippen LogP contribution in [0.3, 0.4) is 0 Å². The summed E-state index contributed by atoms with van der Waals surface area (Å²) in [7, 11) is -3.94. The van der Waals surface area contributed by atoms with Crippen LogP contribution in [0, 0.1) is 5.92 Å². The maximum absolute atomic E-state index is 13.1. The predicted molar refractivity (Wildman–Crippen MR) is 81.8 cm³/mol. The molecule has 0 saturated carbocycles. The maximum Gasteiger partial charge on any atom is 0.394 e. The molecule has 134 valence electrons. The van der Waals surface area contributed by atoms with Gasteiger partial charge in [0.05, 0.1) is 16.4 Å². The molecule has 24 heavy (non-hydrogen) atoms. The quantitative estimate of drug-likeness (QED) is 0.843. The molecule has 2 amide bonds. The lowest BCUT2D eigenvalue weighted by Gasteiger charge is -2.36. The fraction of sp³-hybridized carbons (Fsp3) is 0.500. The van der Waals surface area contributed by atoms with E-state index < -0.39 is 33.7 Å². The van der Waals surface area contributed by atoms with Gasteiger partial charge in [-0.25, -0.2) is 18.4 Å². The highest BCUT2D eigenvalue weighted by Gasteiger charge is 2.56. The van der Waals surface area contributed by atoms with Crippen LogP contribution in [0.5, 0.6) is 0 Å². The van der Waals surface area contributed by atoms with Crippen LogP contribution in [-0.2, 0) is 10.0 Å². The maximum atomic E-state index is 13.1. The first-order valence-corrected chi connectivity index (χ1v) is 8.66. The summed E-state index contributed by atoms with van der Waals surface area (Å²) in [5.74, 6) is -1.62. The Kier molecular flexibility index (Phi) is 4.57. The number of sulfonamides is 1. The van der Waals surface area contributed by atoms with E-state index in [9.17, 15) is 26.4 Å². The molecule has 1 aromatic carbocycles. The van der Waals surface area contributed by atoms with Crippen molar-refractivity contribution >= 4 is 21.7 Å². The Hall–Kier alpha value is -1.81. The summed E-state index contributed by atoms with van der Waals surface area (Å²) >= 11 is 0. The number of nitrogens with two attached hydrogens (primary N) is 1. The molecule has 0 unspecified atom stereocenters. The fourth-order valence-electron chi connectivity index (χ4n) is 2.96. The lowest BCUT2D eigenvalue weighted by molar-refractivity contribution is -0.189. The van der Waals surface area contributed by atoms with Gasteiger partial charge in [0.1, 0.15) is 0 Å². The van der Waals surface area contributed by atoms with Gasteiger partial charge < -0.3 is 10.2 Å². The largest absolute Gasteiger partial charge is 0.394 e. The minimum atomic E-state index is -4.40. The van der Waals surface area contributed by atoms with E-state index >= 15 is 0 Å². The van der Waals surface area contributed by atoms with E-state index in [0.717, 1.165) is 11.0 Å². The smallest absolute Gasteiger partial charge is 0.319 e. The topological polar surface area (TPSA) is 92.5 Å². The van der Waals surface area contributed by atoms with E-state index in [0.29, 0.717) is 0 Å². The molecule has 10 heteroatoms. The van der Waals surface area contributed by atoms with Crippen molar-refractivity contribution in [2.75, 3.05) is 11.9 Å². The second-order valence-corrected chi connectivity index (χ2v) is 7.75. The molecule has 0 bridgehead atoms. The van der Waals surface area contributed by atoms with Gasteiger partial charge in [-0.2, -0.15) is 13.2 Å². The van der Waals surface area contributed by atoms with Gasteiger partial charge in [-0.3, -0.25) is 0 Å². The second-order valence-electron chi connectivity index (χ2n) is 6.19. The summed E-state index contributed by atoms with van der Waals surface area (Å²) in [5.41, 5.74) is -1.27. The summed E-state index contributed by atoms with van der Waals surface area (Å²) in [6.45, 7) is 2.68. The molecule has 1 aliphatic rings. The summed E-state index contributed by atoms with van der Waals surface area (Å²) in [6, 6.07) is 4.49. The molecule has 1 heterocycles. The number of hydrogen-bond donors (Lipinski definition) is 2. The summed E-state index contributed by atoms with van der Waals surface area (Å²) in [4.78, 5) is 13.2. The van der Waals surface area contributed by atoms with Gasteiger partial charge in [0.2, 0.25) is 10.0 Å². The lowest BCUT2D eigenvalue weighted by atomic mass is 9.88. The number of alkyl halides is 3. The molecule has 2 rings (SSSR count). The Labute approximate surface area is 137 Å². The molecule has 1 aromatic rings. The second kappa shape index (κ2) is 5.92. The number of rotatable bonds is 2. The van der Waals surface area contributed by atoms with Gasteiger partial charge in [0, 0.05) is 12.2 Å². The normalized spacial score (nSPS) is 20.9. The Morgan fingerprint density at radius 2 is 2.00 bits per heavy atom. The fourth-order valence-corrected chi connectivity index (χ4v) is 3.52. The van der Waals surface area contributed by atoms with E-state index in [-0.39, 0.29) is 23.5 Å². The first kappa shape index (κ1) is 18.5. The van der Waals surface area contributed by atoms with Crippen molar-refractivity contribution < 1.29 is 26.4 Å². The van der Waals surface area contributed by atoms with Crippen molar-refractivity contribution in [2.45, 2.75) is 36.9 Å². The van der Waals surface area contributed by atoms with E-state index in [2.05, 4.69) is 5.32 Å². The number of primary sulfonamides is 1. The molecule has 0 aromatic heterocycles. The van der Waals surface area contributed by atoms with Crippen LogP contribution >= 0.6 is 0 Å². The molecular formula is C14H18F3N3O3S. The molecule has 6 nitrogen and oxygen atoms in total. The first-order chi connectivity index (χ1) is 10.8. The van der Waals surface area contributed by atoms with Crippen LogP contribution in [-0.4, -0.2) is 37.6 Å². The zero-order chi connectivity index (χ0) is 18.3. The number of likely N-dealkylation sites (tertiary alicyclic amines) is 1. The van der Waals surface area contributed by atoms with Crippen LogP contribution in [0.4, 0.5) is 23.7 Å². The SMILES string of the molecule is CC1(C)[C@@H](C(F)(F)F)CCN1C(=O)Nc1cccc(S(N)(=O)=O)c1. The van der Waals surface area contributed by atoms with Gasteiger partial charge in [0.15, 0.2) is 0 Å². The van der Waals surface area contributed by atoms with Crippen molar-refractivity contribution in [3.8, 4) is 0 Å². The standard InChI is InChI=1S/C14H18F3N3O3S/c1-13(2)11(14(15,16)17)6-7-20(13)12(21)19-9-4-3-5-10(8-9)24(18,22)23/h3-5,8,11H,6-7H2,1-2H3,(H,19,21)(H2,18,22,23)/t11-/m0/s1. The van der Waals surface area contributed by atoms with Crippen molar-refractivity contribution in [1.29, 1.82) is 0 Å². The third kappa shape index (κ3) is 3.64. The van der Waals surface area contributed by atoms with Gasteiger partial charge in [-0.1, -0.05) is 6.07 Å². The van der Waals surface area contributed by atoms with Crippen molar-refractivity contribution in [3.63, 3.8) is 0 Å². The van der Waals surface area contributed by atoms with Crippen molar-refractivity contribution in [2.24, 2.45) is 11.1 Å². The van der Waals surface area contributed by atoms with E-state index in [1.807, 2.05) is 0 Å². The van der Waals surface area contributed by atoms with E-state index in [1.165, 1.54) is 32.0 Å². The molecule has 0 radical (unpaired) electrons. The molecular weight excluding hydrogens is 347 g/mol. The minimum absolute atomic E-state index is 0.0438. The van der Waals surface area contributed by atoms with Gasteiger partial charge in [0.25, 0.3) is 0 Å². The average Bonchev–Trinajstić information content (AvgIpc) is 2.73. The van der Waals surface area contributed by atoms with Crippen LogP contribution in [0.1, 0.15) is 20.3 Å². The number of carbonyl (C=O) groups is 1. The number of carbonyl (C=O) groups excluding carboxylic acids is 1. The monoisotopic (exact) mass is 365 g/mol.